The standard InChI is InChI=1S/C18H12N4O3S/c23-22(24)13-5-3-4-12(10-13)16-9-8-14(25-16)11-19-21-18-20-15-6-1-2-7-17(15)26-18/h1-10H,11H2. The smallest absolute Gasteiger partial charge is 0.270 e. The molecule has 0 radical (unpaired) electrons. The molecule has 2 aromatic carbocycles. The molecule has 2 aromatic heterocycles. The summed E-state index contributed by atoms with van der Waals surface area (Å²) in [5.41, 5.74) is 1.57. The molecule has 8 heteroatoms. The van der Waals surface area contributed by atoms with Crippen LogP contribution in [0.25, 0.3) is 21.5 Å². The van der Waals surface area contributed by atoms with E-state index in [4.69, 9.17) is 4.42 Å². The molecule has 0 N–H and O–H groups in total. The number of hydrogen-bond donors (Lipinski definition) is 0. The van der Waals surface area contributed by atoms with Crippen LogP contribution < -0.4 is 0 Å². The van der Waals surface area contributed by atoms with Gasteiger partial charge in [0.1, 0.15) is 18.1 Å². The van der Waals surface area contributed by atoms with Gasteiger partial charge in [0.2, 0.25) is 5.13 Å². The molecule has 0 spiro atoms. The zero-order valence-electron chi connectivity index (χ0n) is 13.4. The number of fused-ring (bicyclic) bond motifs is 1. The van der Waals surface area contributed by atoms with Crippen LogP contribution in [0, 0.1) is 10.1 Å². The van der Waals surface area contributed by atoms with E-state index < -0.39 is 4.92 Å². The first-order valence-corrected chi connectivity index (χ1v) is 8.57. The van der Waals surface area contributed by atoms with Crippen LogP contribution in [0.4, 0.5) is 10.8 Å². The van der Waals surface area contributed by atoms with E-state index in [1.807, 2.05) is 24.3 Å². The van der Waals surface area contributed by atoms with E-state index >= 15 is 0 Å². The highest BCUT2D eigenvalue weighted by molar-refractivity contribution is 7.21. The summed E-state index contributed by atoms with van der Waals surface area (Å²) in [5.74, 6) is 1.18. The molecule has 0 aliphatic heterocycles. The molecular formula is C18H12N4O3S. The van der Waals surface area contributed by atoms with Gasteiger partial charge in [-0.1, -0.05) is 35.6 Å². The van der Waals surface area contributed by atoms with Gasteiger partial charge >= 0.3 is 0 Å². The number of azo groups is 1. The van der Waals surface area contributed by atoms with Gasteiger partial charge in [-0.3, -0.25) is 10.1 Å². The molecule has 0 saturated heterocycles. The number of hydrogen-bond acceptors (Lipinski definition) is 7. The number of aromatic nitrogens is 1. The molecule has 4 rings (SSSR count). The topological polar surface area (TPSA) is 93.9 Å². The average Bonchev–Trinajstić information content (AvgIpc) is 3.28. The second-order valence-electron chi connectivity index (χ2n) is 5.44. The summed E-state index contributed by atoms with van der Waals surface area (Å²) in [7, 11) is 0. The Kier molecular flexibility index (Phi) is 4.24. The van der Waals surface area contributed by atoms with Crippen molar-refractivity contribution in [2.75, 3.05) is 0 Å². The van der Waals surface area contributed by atoms with Gasteiger partial charge in [-0.2, -0.15) is 5.11 Å². The maximum Gasteiger partial charge on any atom is 0.270 e. The first-order chi connectivity index (χ1) is 12.7. The van der Waals surface area contributed by atoms with Gasteiger partial charge in [-0.05, 0) is 24.3 Å². The van der Waals surface area contributed by atoms with Gasteiger partial charge in [-0.15, -0.1) is 5.11 Å². The zero-order chi connectivity index (χ0) is 17.9. The Balaban J connectivity index is 1.48. The minimum atomic E-state index is -0.431. The van der Waals surface area contributed by atoms with Crippen LogP contribution in [0.15, 0.2) is 75.3 Å². The molecule has 0 saturated carbocycles. The summed E-state index contributed by atoms with van der Waals surface area (Å²) in [6.07, 6.45) is 0. The quantitative estimate of drug-likeness (QED) is 0.256. The minimum absolute atomic E-state index is 0.0240. The normalized spacial score (nSPS) is 11.4. The minimum Gasteiger partial charge on any atom is -0.459 e. The van der Waals surface area contributed by atoms with Crippen molar-refractivity contribution in [3.05, 3.63) is 76.5 Å². The van der Waals surface area contributed by atoms with E-state index in [0.717, 1.165) is 10.2 Å². The van der Waals surface area contributed by atoms with E-state index in [2.05, 4.69) is 15.2 Å². The molecule has 0 amide bonds. The molecule has 7 nitrogen and oxygen atoms in total. The van der Waals surface area contributed by atoms with E-state index in [1.165, 1.54) is 23.5 Å². The molecule has 0 atom stereocenters. The molecule has 0 unspecified atom stereocenters. The molecule has 0 bridgehead atoms. The molecule has 128 valence electrons. The van der Waals surface area contributed by atoms with Gasteiger partial charge in [-0.25, -0.2) is 4.98 Å². The van der Waals surface area contributed by atoms with Crippen LogP contribution in [0.5, 0.6) is 0 Å². The molecule has 0 aliphatic carbocycles. The van der Waals surface area contributed by atoms with Gasteiger partial charge in [0, 0.05) is 17.7 Å². The number of nitro groups is 1. The van der Waals surface area contributed by atoms with Gasteiger partial charge in [0.15, 0.2) is 0 Å². The highest BCUT2D eigenvalue weighted by atomic mass is 32.1. The van der Waals surface area contributed by atoms with Crippen LogP contribution in [0.3, 0.4) is 0 Å². The number of rotatable bonds is 5. The van der Waals surface area contributed by atoms with Crippen molar-refractivity contribution in [1.29, 1.82) is 0 Å². The number of furan rings is 1. The van der Waals surface area contributed by atoms with Crippen LogP contribution in [0.2, 0.25) is 0 Å². The van der Waals surface area contributed by atoms with Gasteiger partial charge < -0.3 is 4.42 Å². The van der Waals surface area contributed by atoms with Crippen LogP contribution >= 0.6 is 11.3 Å². The van der Waals surface area contributed by atoms with E-state index in [9.17, 15) is 10.1 Å². The lowest BCUT2D eigenvalue weighted by Crippen LogP contribution is -1.87. The van der Waals surface area contributed by atoms with E-state index in [-0.39, 0.29) is 12.2 Å². The third-order valence-electron chi connectivity index (χ3n) is 3.67. The number of benzene rings is 2. The van der Waals surface area contributed by atoms with Crippen LogP contribution in [-0.2, 0) is 6.54 Å². The highest BCUT2D eigenvalue weighted by Crippen LogP contribution is 2.29. The Morgan fingerprint density at radius 3 is 2.85 bits per heavy atom. The van der Waals surface area contributed by atoms with Gasteiger partial charge in [0.05, 0.1) is 15.1 Å². The lowest BCUT2D eigenvalue weighted by Gasteiger charge is -1.97. The maximum absolute atomic E-state index is 10.9. The number of thiazole rings is 1. The van der Waals surface area contributed by atoms with Crippen LogP contribution in [-0.4, -0.2) is 9.91 Å². The second kappa shape index (κ2) is 6.85. The number of nitrogens with zero attached hydrogens (tertiary/aromatic N) is 4. The van der Waals surface area contributed by atoms with Crippen LogP contribution in [0.1, 0.15) is 5.76 Å². The highest BCUT2D eigenvalue weighted by Gasteiger charge is 2.10. The second-order valence-corrected chi connectivity index (χ2v) is 6.45. The molecule has 26 heavy (non-hydrogen) atoms. The number of para-hydroxylation sites is 1. The van der Waals surface area contributed by atoms with Crippen molar-refractivity contribution < 1.29 is 9.34 Å². The average molecular weight is 364 g/mol. The van der Waals surface area contributed by atoms with Crippen molar-refractivity contribution in [3.63, 3.8) is 0 Å². The summed E-state index contributed by atoms with van der Waals surface area (Å²) in [5, 5.41) is 19.7. The van der Waals surface area contributed by atoms with Gasteiger partial charge in [0.25, 0.3) is 5.69 Å². The summed E-state index contributed by atoms with van der Waals surface area (Å²) in [6, 6.07) is 17.7. The fourth-order valence-electron chi connectivity index (χ4n) is 2.46. The molecule has 0 fully saturated rings. The molecular weight excluding hydrogens is 352 g/mol. The zero-order valence-corrected chi connectivity index (χ0v) is 14.2. The molecule has 0 aliphatic rings. The SMILES string of the molecule is O=[N+]([O-])c1cccc(-c2ccc(CN=Nc3nc4ccccc4s3)o2)c1. The predicted molar refractivity (Wildman–Crippen MR) is 98.6 cm³/mol. The fraction of sp³-hybridized carbons (Fsp3) is 0.0556. The Bertz CT molecular complexity index is 1080. The van der Waals surface area contributed by atoms with E-state index in [1.54, 1.807) is 24.3 Å². The first kappa shape index (κ1) is 16.1. The Morgan fingerprint density at radius 1 is 1.12 bits per heavy atom. The lowest BCUT2D eigenvalue weighted by atomic mass is 10.1. The molecule has 4 aromatic rings. The van der Waals surface area contributed by atoms with Crippen molar-refractivity contribution in [1.82, 2.24) is 4.98 Å². The number of non-ortho nitro benzene ring substituents is 1. The predicted octanol–water partition coefficient (Wildman–Crippen LogP) is 5.75. The maximum atomic E-state index is 10.9. The largest absolute Gasteiger partial charge is 0.459 e. The Hall–Kier alpha value is -3.39. The summed E-state index contributed by atoms with van der Waals surface area (Å²) in [6.45, 7) is 0.269. The molecule has 2 heterocycles. The summed E-state index contributed by atoms with van der Waals surface area (Å²) in [4.78, 5) is 14.8. The van der Waals surface area contributed by atoms with Crippen molar-refractivity contribution in [2.24, 2.45) is 10.2 Å². The lowest BCUT2D eigenvalue weighted by molar-refractivity contribution is -0.384. The van der Waals surface area contributed by atoms with Crippen molar-refractivity contribution >= 4 is 32.4 Å². The summed E-state index contributed by atoms with van der Waals surface area (Å²) >= 11 is 1.47. The third kappa shape index (κ3) is 3.35. The fourth-order valence-corrected chi connectivity index (χ4v) is 3.26. The number of nitro benzene ring substituents is 1. The van der Waals surface area contributed by atoms with Crippen molar-refractivity contribution in [3.8, 4) is 11.3 Å². The third-order valence-corrected chi connectivity index (χ3v) is 4.59. The Labute approximate surface area is 151 Å². The van der Waals surface area contributed by atoms with E-state index in [0.29, 0.717) is 22.2 Å². The summed E-state index contributed by atoms with van der Waals surface area (Å²) < 4.78 is 6.77. The monoisotopic (exact) mass is 364 g/mol. The van der Waals surface area contributed by atoms with Crippen molar-refractivity contribution in [2.45, 2.75) is 6.54 Å². The Morgan fingerprint density at radius 2 is 2.00 bits per heavy atom. The first-order valence-electron chi connectivity index (χ1n) is 7.76.